The first-order valence-corrected chi connectivity index (χ1v) is 6.46. The van der Waals surface area contributed by atoms with E-state index in [1.165, 1.54) is 11.3 Å². The lowest BCUT2D eigenvalue weighted by Crippen LogP contribution is -2.24. The molecule has 0 unspecified atom stereocenters. The molecule has 0 aliphatic heterocycles. The Morgan fingerprint density at radius 2 is 2.00 bits per heavy atom. The van der Waals surface area contributed by atoms with Gasteiger partial charge in [0.25, 0.3) is 0 Å². The van der Waals surface area contributed by atoms with E-state index < -0.39 is 0 Å². The van der Waals surface area contributed by atoms with Crippen LogP contribution in [0.25, 0.3) is 10.6 Å². The van der Waals surface area contributed by atoms with E-state index in [0.29, 0.717) is 19.5 Å². The molecule has 5 nitrogen and oxygen atoms in total. The number of hydrogen-bond donors (Lipinski definition) is 2. The van der Waals surface area contributed by atoms with Gasteiger partial charge in [-0.15, -0.1) is 22.6 Å². The van der Waals surface area contributed by atoms with Crippen LogP contribution < -0.4 is 11.1 Å². The van der Waals surface area contributed by atoms with Crippen LogP contribution in [-0.4, -0.2) is 22.6 Å². The molecule has 2 rings (SSSR count). The van der Waals surface area contributed by atoms with Crippen LogP contribution in [0.3, 0.4) is 0 Å². The van der Waals surface area contributed by atoms with Crippen molar-refractivity contribution >= 4 is 29.7 Å². The normalized spacial score (nSPS) is 9.74. The highest BCUT2D eigenvalue weighted by Crippen LogP contribution is 2.22. The molecule has 19 heavy (non-hydrogen) atoms. The zero-order valence-electron chi connectivity index (χ0n) is 10.2. The lowest BCUT2D eigenvalue weighted by molar-refractivity contribution is -0.121. The second-order valence-corrected chi connectivity index (χ2v) is 4.74. The molecule has 0 fully saturated rings. The number of nitrogens with zero attached hydrogens (tertiary/aromatic N) is 2. The van der Waals surface area contributed by atoms with Crippen molar-refractivity contribution in [2.75, 3.05) is 6.54 Å². The monoisotopic (exact) mass is 298 g/mol. The van der Waals surface area contributed by atoms with Crippen molar-refractivity contribution in [1.29, 1.82) is 0 Å². The van der Waals surface area contributed by atoms with Crippen LogP contribution in [0.15, 0.2) is 30.3 Å². The maximum Gasteiger partial charge on any atom is 0.221 e. The fraction of sp³-hybridized carbons (Fsp3) is 0.250. The molecule has 0 saturated carbocycles. The second-order valence-electron chi connectivity index (χ2n) is 3.68. The third kappa shape index (κ3) is 4.59. The van der Waals surface area contributed by atoms with Crippen LogP contribution in [0, 0.1) is 0 Å². The molecule has 0 aliphatic rings. The summed E-state index contributed by atoms with van der Waals surface area (Å²) in [5.41, 5.74) is 6.33. The van der Waals surface area contributed by atoms with E-state index >= 15 is 0 Å². The van der Waals surface area contributed by atoms with Crippen LogP contribution >= 0.6 is 23.7 Å². The van der Waals surface area contributed by atoms with Gasteiger partial charge in [0.2, 0.25) is 5.91 Å². The number of carbonyl (C=O) groups excluding carboxylic acids is 1. The SMILES string of the molecule is Cl.NCCC(=O)NCc1nnc(-c2ccccc2)s1. The Morgan fingerprint density at radius 1 is 1.26 bits per heavy atom. The first-order chi connectivity index (χ1) is 8.79. The minimum Gasteiger partial charge on any atom is -0.349 e. The molecule has 1 aromatic heterocycles. The van der Waals surface area contributed by atoms with Crippen LogP contribution in [0.1, 0.15) is 11.4 Å². The molecule has 0 aliphatic carbocycles. The molecule has 1 heterocycles. The molecule has 1 amide bonds. The Hall–Kier alpha value is -1.50. The first-order valence-electron chi connectivity index (χ1n) is 5.64. The van der Waals surface area contributed by atoms with Crippen molar-refractivity contribution in [1.82, 2.24) is 15.5 Å². The van der Waals surface area contributed by atoms with Crippen molar-refractivity contribution in [2.24, 2.45) is 5.73 Å². The van der Waals surface area contributed by atoms with Gasteiger partial charge < -0.3 is 11.1 Å². The number of nitrogens with two attached hydrogens (primary N) is 1. The summed E-state index contributed by atoms with van der Waals surface area (Å²) in [5, 5.41) is 12.6. The largest absolute Gasteiger partial charge is 0.349 e. The van der Waals surface area contributed by atoms with Crippen LogP contribution in [0.2, 0.25) is 0 Å². The molecule has 0 saturated heterocycles. The number of halogens is 1. The number of nitrogens with one attached hydrogen (secondary N) is 1. The molecule has 0 spiro atoms. The van der Waals surface area contributed by atoms with E-state index in [-0.39, 0.29) is 18.3 Å². The molecule has 0 atom stereocenters. The van der Waals surface area contributed by atoms with E-state index in [1.54, 1.807) is 0 Å². The molecule has 3 N–H and O–H groups in total. The van der Waals surface area contributed by atoms with Crippen molar-refractivity contribution in [3.63, 3.8) is 0 Å². The van der Waals surface area contributed by atoms with Crippen molar-refractivity contribution in [2.45, 2.75) is 13.0 Å². The summed E-state index contributed by atoms with van der Waals surface area (Å²) in [6.45, 7) is 0.764. The average molecular weight is 299 g/mol. The van der Waals surface area contributed by atoms with Crippen LogP contribution in [0.5, 0.6) is 0 Å². The highest BCUT2D eigenvalue weighted by molar-refractivity contribution is 7.14. The number of amides is 1. The molecule has 0 radical (unpaired) electrons. The molecule has 7 heteroatoms. The number of carbonyl (C=O) groups is 1. The van der Waals surface area contributed by atoms with Gasteiger partial charge >= 0.3 is 0 Å². The third-order valence-electron chi connectivity index (χ3n) is 2.30. The number of hydrogen-bond acceptors (Lipinski definition) is 5. The first kappa shape index (κ1) is 15.6. The highest BCUT2D eigenvalue weighted by atomic mass is 35.5. The number of aromatic nitrogens is 2. The van der Waals surface area contributed by atoms with Crippen molar-refractivity contribution < 1.29 is 4.79 Å². The summed E-state index contributed by atoms with van der Waals surface area (Å²) >= 11 is 1.48. The topological polar surface area (TPSA) is 80.9 Å². The zero-order chi connectivity index (χ0) is 12.8. The Bertz CT molecular complexity index is 517. The van der Waals surface area contributed by atoms with Gasteiger partial charge in [-0.25, -0.2) is 0 Å². The predicted octanol–water partition coefficient (Wildman–Crippen LogP) is 1.59. The van der Waals surface area contributed by atoms with Gasteiger partial charge in [0.1, 0.15) is 10.0 Å². The predicted molar refractivity (Wildman–Crippen MR) is 78.1 cm³/mol. The standard InChI is InChI=1S/C12H14N4OS.ClH/c13-7-6-10(17)14-8-11-15-16-12(18-11)9-4-2-1-3-5-9;/h1-5H,6-8,13H2,(H,14,17);1H. The van der Waals surface area contributed by atoms with Crippen molar-refractivity contribution in [3.8, 4) is 10.6 Å². The maximum atomic E-state index is 11.3. The Labute approximate surface area is 121 Å². The summed E-state index contributed by atoms with van der Waals surface area (Å²) in [5.74, 6) is -0.0611. The van der Waals surface area contributed by atoms with E-state index in [4.69, 9.17) is 5.73 Å². The second kappa shape index (κ2) is 7.83. The van der Waals surface area contributed by atoms with E-state index in [1.807, 2.05) is 30.3 Å². The van der Waals surface area contributed by atoms with Crippen LogP contribution in [-0.2, 0) is 11.3 Å². The van der Waals surface area contributed by atoms with Gasteiger partial charge in [0.05, 0.1) is 6.54 Å². The fourth-order valence-corrected chi connectivity index (χ4v) is 2.20. The third-order valence-corrected chi connectivity index (χ3v) is 3.27. The summed E-state index contributed by atoms with van der Waals surface area (Å²) in [6.07, 6.45) is 0.338. The molecular formula is C12H15ClN4OS. The lowest BCUT2D eigenvalue weighted by Gasteiger charge is -1.99. The molecular weight excluding hydrogens is 284 g/mol. The maximum absolute atomic E-state index is 11.3. The number of benzene rings is 1. The lowest BCUT2D eigenvalue weighted by atomic mass is 10.2. The van der Waals surface area contributed by atoms with Gasteiger partial charge in [-0.2, -0.15) is 0 Å². The molecule has 0 bridgehead atoms. The van der Waals surface area contributed by atoms with Gasteiger partial charge in [-0.3, -0.25) is 4.79 Å². The quantitative estimate of drug-likeness (QED) is 0.878. The summed E-state index contributed by atoms with van der Waals surface area (Å²) in [4.78, 5) is 11.3. The Morgan fingerprint density at radius 3 is 2.68 bits per heavy atom. The Balaban J connectivity index is 0.00000180. The molecule has 1 aromatic carbocycles. The summed E-state index contributed by atoms with van der Waals surface area (Å²) in [6, 6.07) is 9.84. The zero-order valence-corrected chi connectivity index (χ0v) is 11.8. The summed E-state index contributed by atoms with van der Waals surface area (Å²) in [7, 11) is 0. The van der Waals surface area contributed by atoms with Crippen molar-refractivity contribution in [3.05, 3.63) is 35.3 Å². The van der Waals surface area contributed by atoms with Gasteiger partial charge in [0.15, 0.2) is 0 Å². The molecule has 102 valence electrons. The van der Waals surface area contributed by atoms with Gasteiger partial charge in [-0.1, -0.05) is 41.7 Å². The van der Waals surface area contributed by atoms with Crippen LogP contribution in [0.4, 0.5) is 0 Å². The average Bonchev–Trinajstić information content (AvgIpc) is 2.87. The fourth-order valence-electron chi connectivity index (χ4n) is 1.42. The van der Waals surface area contributed by atoms with E-state index in [0.717, 1.165) is 15.6 Å². The number of rotatable bonds is 5. The van der Waals surface area contributed by atoms with E-state index in [2.05, 4.69) is 15.5 Å². The summed E-state index contributed by atoms with van der Waals surface area (Å²) < 4.78 is 0. The smallest absolute Gasteiger partial charge is 0.221 e. The van der Waals surface area contributed by atoms with E-state index in [9.17, 15) is 4.79 Å². The highest BCUT2D eigenvalue weighted by Gasteiger charge is 2.07. The minimum absolute atomic E-state index is 0. The van der Waals surface area contributed by atoms with Gasteiger partial charge in [0, 0.05) is 18.5 Å². The van der Waals surface area contributed by atoms with Gasteiger partial charge in [-0.05, 0) is 0 Å². The minimum atomic E-state index is -0.0611. The molecule has 2 aromatic rings. The Kier molecular flexibility index (Phi) is 6.41.